The summed E-state index contributed by atoms with van der Waals surface area (Å²) in [7, 11) is 2.14. The molecular weight excluding hydrogens is 428 g/mol. The van der Waals surface area contributed by atoms with Crippen molar-refractivity contribution >= 4 is 21.7 Å². The van der Waals surface area contributed by atoms with Crippen LogP contribution in [0.1, 0.15) is 56.9 Å². The predicted molar refractivity (Wildman–Crippen MR) is 145 cm³/mol. The molecule has 3 nitrogen and oxygen atoms in total. The number of fused-ring (bicyclic) bond motifs is 3. The maximum atomic E-state index is 7.51. The van der Waals surface area contributed by atoms with Gasteiger partial charge >= 0.3 is 0 Å². The van der Waals surface area contributed by atoms with Gasteiger partial charge in [-0.1, -0.05) is 39.0 Å². The summed E-state index contributed by atoms with van der Waals surface area (Å²) in [5.41, 5.74) is 8.46. The molecular formula is C32H35N2O+. The Labute approximate surface area is 209 Å². The first-order valence-electron chi connectivity index (χ1n) is 12.5. The first-order chi connectivity index (χ1) is 16.4. The van der Waals surface area contributed by atoms with Crippen LogP contribution in [-0.2, 0) is 19.9 Å². The van der Waals surface area contributed by atoms with Crippen molar-refractivity contribution in [3.8, 4) is 22.8 Å². The highest BCUT2D eigenvalue weighted by atomic mass is 16.5. The summed E-state index contributed by atoms with van der Waals surface area (Å²) in [6.45, 7) is 22.8. The Morgan fingerprint density at radius 2 is 1.57 bits per heavy atom. The standard InChI is InChI=1S/C32H35N2O/c1-19-12-24-14-22(17-31(3,4)5)15-26-29(24)28(20(19)2)30-27(35-26)16-23-13-21(18-32(6,7)33-8)10-11-25(23)34(30)9/h10-16H,17-18H2,1-7,9H3/q+1. The third kappa shape index (κ3) is 4.06. The molecule has 2 heterocycles. The molecule has 35 heavy (non-hydrogen) atoms. The van der Waals surface area contributed by atoms with Gasteiger partial charge in [-0.25, -0.2) is 6.57 Å². The number of rotatable bonds is 3. The summed E-state index contributed by atoms with van der Waals surface area (Å²) in [5, 5.41) is 3.60. The van der Waals surface area contributed by atoms with E-state index in [1.54, 1.807) is 0 Å². The second kappa shape index (κ2) is 7.82. The van der Waals surface area contributed by atoms with Crippen molar-refractivity contribution in [3.05, 3.63) is 76.1 Å². The summed E-state index contributed by atoms with van der Waals surface area (Å²) >= 11 is 0. The van der Waals surface area contributed by atoms with Gasteiger partial charge in [-0.2, -0.15) is 4.57 Å². The number of aryl methyl sites for hydroxylation is 2. The second-order valence-electron chi connectivity index (χ2n) is 12.1. The monoisotopic (exact) mass is 463 g/mol. The Hall–Kier alpha value is -3.38. The molecule has 3 heteroatoms. The molecule has 3 aromatic carbocycles. The maximum absolute atomic E-state index is 7.51. The lowest BCUT2D eigenvalue weighted by Crippen LogP contribution is -2.33. The average Bonchev–Trinajstić information content (AvgIpc) is 2.75. The number of nitrogens with zero attached hydrogens (tertiary/aromatic N) is 2. The number of ether oxygens (including phenoxy) is 1. The van der Waals surface area contributed by atoms with Gasteiger partial charge in [0.05, 0.1) is 17.4 Å². The predicted octanol–water partition coefficient (Wildman–Crippen LogP) is 8.04. The molecule has 0 bridgehead atoms. The van der Waals surface area contributed by atoms with Crippen molar-refractivity contribution in [1.29, 1.82) is 0 Å². The fourth-order valence-corrected chi connectivity index (χ4v) is 5.55. The Kier molecular flexibility index (Phi) is 5.22. The highest BCUT2D eigenvalue weighted by molar-refractivity contribution is 6.05. The first kappa shape index (κ1) is 23.4. The topological polar surface area (TPSA) is 17.5 Å². The highest BCUT2D eigenvalue weighted by Gasteiger charge is 2.32. The molecule has 1 aliphatic heterocycles. The van der Waals surface area contributed by atoms with E-state index in [9.17, 15) is 0 Å². The van der Waals surface area contributed by atoms with Crippen molar-refractivity contribution in [1.82, 2.24) is 0 Å². The van der Waals surface area contributed by atoms with Gasteiger partial charge in [0.15, 0.2) is 5.75 Å². The Morgan fingerprint density at radius 1 is 0.857 bits per heavy atom. The zero-order chi connectivity index (χ0) is 25.3. The zero-order valence-electron chi connectivity index (χ0n) is 22.3. The quantitative estimate of drug-likeness (QED) is 0.195. The Morgan fingerprint density at radius 3 is 2.26 bits per heavy atom. The van der Waals surface area contributed by atoms with Gasteiger partial charge < -0.3 is 9.58 Å². The normalized spacial score (nSPS) is 13.0. The minimum Gasteiger partial charge on any atom is -0.450 e. The van der Waals surface area contributed by atoms with Gasteiger partial charge in [-0.15, -0.1) is 0 Å². The summed E-state index contributed by atoms with van der Waals surface area (Å²) in [5.74, 6) is 1.86. The summed E-state index contributed by atoms with van der Waals surface area (Å²) in [6.07, 6.45) is 1.73. The summed E-state index contributed by atoms with van der Waals surface area (Å²) < 4.78 is 8.96. The molecule has 0 radical (unpaired) electrons. The van der Waals surface area contributed by atoms with Gasteiger partial charge in [0, 0.05) is 31.4 Å². The van der Waals surface area contributed by atoms with Gasteiger partial charge in [0.2, 0.25) is 11.1 Å². The number of aromatic nitrogens is 1. The highest BCUT2D eigenvalue weighted by Crippen LogP contribution is 2.48. The molecule has 0 saturated heterocycles. The van der Waals surface area contributed by atoms with E-state index in [4.69, 9.17) is 11.3 Å². The van der Waals surface area contributed by atoms with Gasteiger partial charge in [0.25, 0.3) is 5.69 Å². The maximum Gasteiger partial charge on any atom is 0.256 e. The SMILES string of the molecule is [C-]#[N+]C(C)(C)Cc1ccc2c(c1)cc1c([n+]2C)-c2c(C)c(C)cc3cc(CC(C)(C)C)cc(c23)O1. The molecule has 0 atom stereocenters. The summed E-state index contributed by atoms with van der Waals surface area (Å²) in [6, 6.07) is 15.7. The molecule has 5 rings (SSSR count). The van der Waals surface area contributed by atoms with Gasteiger partial charge in [0.1, 0.15) is 12.8 Å². The van der Waals surface area contributed by atoms with Crippen molar-refractivity contribution in [2.45, 2.75) is 66.8 Å². The van der Waals surface area contributed by atoms with E-state index in [0.29, 0.717) is 0 Å². The van der Waals surface area contributed by atoms with Crippen LogP contribution >= 0.6 is 0 Å². The Balaban J connectivity index is 1.76. The molecule has 0 saturated carbocycles. The molecule has 0 unspecified atom stereocenters. The number of hydrogen-bond acceptors (Lipinski definition) is 1. The largest absolute Gasteiger partial charge is 0.450 e. The fourth-order valence-electron chi connectivity index (χ4n) is 5.55. The molecule has 1 aliphatic rings. The number of pyridine rings is 1. The average molecular weight is 464 g/mol. The van der Waals surface area contributed by atoms with Crippen LogP contribution in [0.2, 0.25) is 0 Å². The minimum atomic E-state index is -0.409. The van der Waals surface area contributed by atoms with Crippen LogP contribution in [0.15, 0.2) is 42.5 Å². The molecule has 178 valence electrons. The molecule has 4 aromatic rings. The van der Waals surface area contributed by atoms with Crippen molar-refractivity contribution in [3.63, 3.8) is 0 Å². The van der Waals surface area contributed by atoms with E-state index in [-0.39, 0.29) is 5.41 Å². The van der Waals surface area contributed by atoms with Crippen LogP contribution < -0.4 is 9.30 Å². The smallest absolute Gasteiger partial charge is 0.256 e. The van der Waals surface area contributed by atoms with Gasteiger partial charge in [-0.05, 0) is 65.5 Å². The fraction of sp³-hybridized carbons (Fsp3) is 0.375. The van der Waals surface area contributed by atoms with Crippen molar-refractivity contribution < 1.29 is 9.30 Å². The number of hydrogen-bond donors (Lipinski definition) is 0. The molecule has 0 aliphatic carbocycles. The van der Waals surface area contributed by atoms with Crippen LogP contribution in [0.3, 0.4) is 0 Å². The van der Waals surface area contributed by atoms with E-state index in [1.165, 1.54) is 44.1 Å². The minimum absolute atomic E-state index is 0.202. The third-order valence-electron chi connectivity index (χ3n) is 7.22. The van der Waals surface area contributed by atoms with E-state index < -0.39 is 5.54 Å². The lowest BCUT2D eigenvalue weighted by molar-refractivity contribution is -0.633. The molecule has 1 aromatic heterocycles. The lowest BCUT2D eigenvalue weighted by atomic mass is 9.85. The van der Waals surface area contributed by atoms with Crippen molar-refractivity contribution in [2.24, 2.45) is 12.5 Å². The van der Waals surface area contributed by atoms with Crippen LogP contribution in [0.25, 0.3) is 37.8 Å². The van der Waals surface area contributed by atoms with Crippen LogP contribution in [0.4, 0.5) is 0 Å². The molecule has 0 N–H and O–H groups in total. The van der Waals surface area contributed by atoms with Crippen LogP contribution in [0.5, 0.6) is 11.5 Å². The van der Waals surface area contributed by atoms with E-state index in [2.05, 4.69) is 93.5 Å². The van der Waals surface area contributed by atoms with Crippen LogP contribution in [-0.4, -0.2) is 5.54 Å². The first-order valence-corrected chi connectivity index (χ1v) is 12.5. The lowest BCUT2D eigenvalue weighted by Gasteiger charge is -2.25. The van der Waals surface area contributed by atoms with Crippen LogP contribution in [0, 0.1) is 25.8 Å². The van der Waals surface area contributed by atoms with Crippen molar-refractivity contribution in [2.75, 3.05) is 0 Å². The third-order valence-corrected chi connectivity index (χ3v) is 7.22. The van der Waals surface area contributed by atoms with E-state index >= 15 is 0 Å². The van der Waals surface area contributed by atoms with E-state index in [1.807, 2.05) is 13.8 Å². The second-order valence-corrected chi connectivity index (χ2v) is 12.1. The Bertz CT molecular complexity index is 1560. The molecule has 0 fully saturated rings. The number of benzene rings is 3. The van der Waals surface area contributed by atoms with Gasteiger partial charge in [-0.3, -0.25) is 0 Å². The molecule has 0 spiro atoms. The van der Waals surface area contributed by atoms with E-state index in [0.717, 1.165) is 35.4 Å². The summed E-state index contributed by atoms with van der Waals surface area (Å²) in [4.78, 5) is 3.80. The zero-order valence-corrected chi connectivity index (χ0v) is 22.3. The molecule has 0 amide bonds.